The molecule has 0 radical (unpaired) electrons. The Bertz CT molecular complexity index is 906. The number of benzene rings is 1. The first-order valence-electron chi connectivity index (χ1n) is 8.09. The molecular weight excluding hydrogens is 378 g/mol. The van der Waals surface area contributed by atoms with Crippen LogP contribution in [0.1, 0.15) is 24.5 Å². The molecule has 3 aliphatic rings. The van der Waals surface area contributed by atoms with Gasteiger partial charge in [0.25, 0.3) is 5.91 Å². The summed E-state index contributed by atoms with van der Waals surface area (Å²) in [6.45, 7) is 2.03. The smallest absolute Gasteiger partial charge is 0.266 e. The van der Waals surface area contributed by atoms with Gasteiger partial charge in [-0.1, -0.05) is 30.0 Å². The molecule has 2 saturated heterocycles. The lowest BCUT2D eigenvalue weighted by Gasteiger charge is -2.20. The van der Waals surface area contributed by atoms with Crippen LogP contribution in [0.3, 0.4) is 0 Å². The Morgan fingerprint density at radius 2 is 2.20 bits per heavy atom. The minimum absolute atomic E-state index is 0.000786. The predicted molar refractivity (Wildman–Crippen MR) is 102 cm³/mol. The normalized spacial score (nSPS) is 29.3. The maximum atomic E-state index is 12.7. The first-order chi connectivity index (χ1) is 11.8. The molecule has 132 valence electrons. The van der Waals surface area contributed by atoms with Crippen molar-refractivity contribution in [3.05, 3.63) is 34.2 Å². The summed E-state index contributed by atoms with van der Waals surface area (Å²) < 4.78 is 29.5. The molecule has 3 heterocycles. The van der Waals surface area contributed by atoms with Gasteiger partial charge in [0, 0.05) is 6.42 Å². The Balaban J connectivity index is 1.58. The van der Waals surface area contributed by atoms with E-state index in [4.69, 9.17) is 17.0 Å². The van der Waals surface area contributed by atoms with E-state index in [1.165, 1.54) is 16.7 Å². The van der Waals surface area contributed by atoms with E-state index in [1.54, 1.807) is 0 Å². The monoisotopic (exact) mass is 395 g/mol. The van der Waals surface area contributed by atoms with Gasteiger partial charge in [0.1, 0.15) is 16.2 Å². The molecule has 8 heteroatoms. The summed E-state index contributed by atoms with van der Waals surface area (Å²) in [7, 11) is -3.06. The van der Waals surface area contributed by atoms with Crippen molar-refractivity contribution >= 4 is 50.1 Å². The fourth-order valence-electron chi connectivity index (χ4n) is 3.46. The van der Waals surface area contributed by atoms with Crippen molar-refractivity contribution in [2.45, 2.75) is 31.9 Å². The Morgan fingerprint density at radius 3 is 2.92 bits per heavy atom. The van der Waals surface area contributed by atoms with E-state index >= 15 is 0 Å². The average molecular weight is 396 g/mol. The molecule has 3 aliphatic heterocycles. The van der Waals surface area contributed by atoms with Crippen molar-refractivity contribution in [2.24, 2.45) is 0 Å². The first kappa shape index (κ1) is 17.1. The van der Waals surface area contributed by atoms with E-state index in [1.807, 2.05) is 31.2 Å². The highest BCUT2D eigenvalue weighted by Crippen LogP contribution is 2.37. The summed E-state index contributed by atoms with van der Waals surface area (Å²) in [5, 5.41) is 0. The molecule has 2 unspecified atom stereocenters. The number of thiocarbonyl (C=S) groups is 1. The maximum Gasteiger partial charge on any atom is 0.266 e. The number of sulfone groups is 1. The zero-order valence-corrected chi connectivity index (χ0v) is 16.0. The SMILES string of the molecule is CC1Cc2cc(/C=C3/SC(=S)N(C4CCS(=O)(=O)C4)C3=O)ccc2O1. The van der Waals surface area contributed by atoms with Crippen LogP contribution in [0.4, 0.5) is 0 Å². The molecule has 25 heavy (non-hydrogen) atoms. The van der Waals surface area contributed by atoms with E-state index in [0.29, 0.717) is 15.6 Å². The Kier molecular flexibility index (Phi) is 4.16. The van der Waals surface area contributed by atoms with Crippen molar-refractivity contribution in [3.63, 3.8) is 0 Å². The van der Waals surface area contributed by atoms with Crippen molar-refractivity contribution < 1.29 is 17.9 Å². The minimum atomic E-state index is -3.06. The van der Waals surface area contributed by atoms with Crippen LogP contribution in [0, 0.1) is 0 Å². The van der Waals surface area contributed by atoms with Gasteiger partial charge in [-0.25, -0.2) is 8.42 Å². The van der Waals surface area contributed by atoms with Gasteiger partial charge in [-0.3, -0.25) is 9.69 Å². The van der Waals surface area contributed by atoms with Crippen molar-refractivity contribution in [2.75, 3.05) is 11.5 Å². The second kappa shape index (κ2) is 6.10. The lowest BCUT2D eigenvalue weighted by atomic mass is 10.1. The highest BCUT2D eigenvalue weighted by atomic mass is 32.2. The molecule has 5 nitrogen and oxygen atoms in total. The molecular formula is C17H17NO4S3. The van der Waals surface area contributed by atoms with Crippen LogP contribution in [-0.4, -0.2) is 47.2 Å². The molecule has 1 amide bonds. The molecule has 0 aromatic heterocycles. The fraction of sp³-hybridized carbons (Fsp3) is 0.412. The number of fused-ring (bicyclic) bond motifs is 1. The third kappa shape index (κ3) is 3.22. The zero-order chi connectivity index (χ0) is 17.8. The molecule has 0 saturated carbocycles. The van der Waals surface area contributed by atoms with Crippen LogP contribution in [0.5, 0.6) is 5.75 Å². The number of amides is 1. The molecule has 4 rings (SSSR count). The lowest BCUT2D eigenvalue weighted by molar-refractivity contribution is -0.123. The second-order valence-electron chi connectivity index (χ2n) is 6.61. The van der Waals surface area contributed by atoms with Gasteiger partial charge in [0.15, 0.2) is 9.84 Å². The number of carbonyl (C=O) groups is 1. The molecule has 0 N–H and O–H groups in total. The average Bonchev–Trinajstić information content (AvgIpc) is 3.15. The number of hydrogen-bond donors (Lipinski definition) is 0. The molecule has 0 spiro atoms. The van der Waals surface area contributed by atoms with Crippen LogP contribution < -0.4 is 4.74 Å². The largest absolute Gasteiger partial charge is 0.490 e. The first-order valence-corrected chi connectivity index (χ1v) is 11.1. The molecule has 0 bridgehead atoms. The summed E-state index contributed by atoms with van der Waals surface area (Å²) in [5.41, 5.74) is 2.06. The van der Waals surface area contributed by atoms with Crippen LogP contribution in [-0.2, 0) is 21.1 Å². The number of ether oxygens (including phenoxy) is 1. The number of carbonyl (C=O) groups excluding carboxylic acids is 1. The fourth-order valence-corrected chi connectivity index (χ4v) is 6.56. The van der Waals surface area contributed by atoms with Crippen LogP contribution >= 0.6 is 24.0 Å². The molecule has 1 aromatic carbocycles. The highest BCUT2D eigenvalue weighted by molar-refractivity contribution is 8.26. The standard InChI is InChI=1S/C17H17NO4S3/c1-10-6-12-7-11(2-3-14(12)22-10)8-15-16(19)18(17(23)24-15)13-4-5-25(20,21)9-13/h2-3,7-8,10,13H,4-6,9H2,1H3/b15-8+. The van der Waals surface area contributed by atoms with E-state index in [0.717, 1.165) is 23.3 Å². The van der Waals surface area contributed by atoms with E-state index < -0.39 is 9.84 Å². The van der Waals surface area contributed by atoms with Crippen LogP contribution in [0.2, 0.25) is 0 Å². The van der Waals surface area contributed by atoms with E-state index in [-0.39, 0.29) is 29.6 Å². The number of nitrogens with zero attached hydrogens (tertiary/aromatic N) is 1. The van der Waals surface area contributed by atoms with E-state index in [2.05, 4.69) is 0 Å². The number of rotatable bonds is 2. The topological polar surface area (TPSA) is 63.7 Å². The van der Waals surface area contributed by atoms with E-state index in [9.17, 15) is 13.2 Å². The number of thioether (sulfide) groups is 1. The molecule has 2 atom stereocenters. The summed E-state index contributed by atoms with van der Waals surface area (Å²) >= 11 is 6.57. The summed E-state index contributed by atoms with van der Waals surface area (Å²) in [4.78, 5) is 14.8. The van der Waals surface area contributed by atoms with Gasteiger partial charge in [-0.2, -0.15) is 0 Å². The maximum absolute atomic E-state index is 12.7. The van der Waals surface area contributed by atoms with Gasteiger partial charge < -0.3 is 4.74 Å². The quantitative estimate of drug-likeness (QED) is 0.566. The van der Waals surface area contributed by atoms with Crippen LogP contribution in [0.25, 0.3) is 6.08 Å². The third-order valence-electron chi connectivity index (χ3n) is 4.61. The number of hydrogen-bond acceptors (Lipinski definition) is 6. The predicted octanol–water partition coefficient (Wildman–Crippen LogP) is 2.40. The highest BCUT2D eigenvalue weighted by Gasteiger charge is 2.42. The second-order valence-corrected chi connectivity index (χ2v) is 10.5. The van der Waals surface area contributed by atoms with Gasteiger partial charge >= 0.3 is 0 Å². The third-order valence-corrected chi connectivity index (χ3v) is 7.70. The minimum Gasteiger partial charge on any atom is -0.490 e. The van der Waals surface area contributed by atoms with Crippen LogP contribution in [0.15, 0.2) is 23.1 Å². The van der Waals surface area contributed by atoms with Gasteiger partial charge in [0.2, 0.25) is 0 Å². The zero-order valence-electron chi connectivity index (χ0n) is 13.6. The van der Waals surface area contributed by atoms with Gasteiger partial charge in [-0.15, -0.1) is 0 Å². The molecule has 1 aromatic rings. The van der Waals surface area contributed by atoms with Gasteiger partial charge in [0.05, 0.1) is 22.5 Å². The van der Waals surface area contributed by atoms with Crippen molar-refractivity contribution in [3.8, 4) is 5.75 Å². The molecule has 0 aliphatic carbocycles. The summed E-state index contributed by atoms with van der Waals surface area (Å²) in [6.07, 6.45) is 3.31. The van der Waals surface area contributed by atoms with Gasteiger partial charge in [-0.05, 0) is 42.7 Å². The molecule has 2 fully saturated rings. The Hall–Kier alpha value is -1.38. The Morgan fingerprint density at radius 1 is 1.40 bits per heavy atom. The Labute approximate surface area is 156 Å². The lowest BCUT2D eigenvalue weighted by Crippen LogP contribution is -2.39. The summed E-state index contributed by atoms with van der Waals surface area (Å²) in [5.74, 6) is 0.827. The van der Waals surface area contributed by atoms with Crippen molar-refractivity contribution in [1.82, 2.24) is 4.90 Å². The van der Waals surface area contributed by atoms with Crippen molar-refractivity contribution in [1.29, 1.82) is 0 Å². The summed E-state index contributed by atoms with van der Waals surface area (Å²) in [6, 6.07) is 5.54.